The average Bonchev–Trinajstić information content (AvgIpc) is 2.91. The predicted octanol–water partition coefficient (Wildman–Crippen LogP) is 3.15. The Kier molecular flexibility index (Phi) is 6.11. The number of rotatable bonds is 6. The van der Waals surface area contributed by atoms with Crippen molar-refractivity contribution in [2.45, 2.75) is 25.4 Å². The zero-order valence-electron chi connectivity index (χ0n) is 17.1. The summed E-state index contributed by atoms with van der Waals surface area (Å²) in [6.45, 7) is 0.896. The van der Waals surface area contributed by atoms with Crippen LogP contribution in [0.5, 0.6) is 5.75 Å². The van der Waals surface area contributed by atoms with E-state index in [0.717, 1.165) is 17.0 Å². The van der Waals surface area contributed by atoms with Gasteiger partial charge in [-0.1, -0.05) is 24.3 Å². The second-order valence-electron chi connectivity index (χ2n) is 7.40. The number of halogens is 4. The SMILES string of the molecule is CN(Cc1cccc(F)c1)C(=O)CN1C(=O)NC(C)(c2ccc(OC(F)(F)F)cc2)C1=O. The van der Waals surface area contributed by atoms with Gasteiger partial charge in [0.1, 0.15) is 23.7 Å². The summed E-state index contributed by atoms with van der Waals surface area (Å²) in [6, 6.07) is 9.33. The molecule has 7 nitrogen and oxygen atoms in total. The molecule has 2 aromatic rings. The normalized spacial score (nSPS) is 18.5. The van der Waals surface area contributed by atoms with Crippen molar-refractivity contribution in [2.75, 3.05) is 13.6 Å². The average molecular weight is 453 g/mol. The summed E-state index contributed by atoms with van der Waals surface area (Å²) in [4.78, 5) is 39.8. The molecule has 1 fully saturated rings. The van der Waals surface area contributed by atoms with Crippen molar-refractivity contribution in [3.63, 3.8) is 0 Å². The Hall–Kier alpha value is -3.63. The van der Waals surface area contributed by atoms with Gasteiger partial charge < -0.3 is 15.0 Å². The second-order valence-corrected chi connectivity index (χ2v) is 7.40. The van der Waals surface area contributed by atoms with Crippen LogP contribution in [-0.4, -0.2) is 47.6 Å². The standard InChI is InChI=1S/C21H19F4N3O4/c1-20(14-6-8-16(9-7-14)32-21(23,24)25)18(30)28(19(31)26-20)12-17(29)27(2)11-13-4-3-5-15(22)10-13/h3-10H,11-12H2,1-2H3,(H,26,31). The molecule has 2 aromatic carbocycles. The summed E-state index contributed by atoms with van der Waals surface area (Å²) in [7, 11) is 1.45. The minimum Gasteiger partial charge on any atom is -0.406 e. The van der Waals surface area contributed by atoms with Crippen molar-refractivity contribution in [1.29, 1.82) is 0 Å². The quantitative estimate of drug-likeness (QED) is 0.539. The van der Waals surface area contributed by atoms with Crippen LogP contribution in [0, 0.1) is 5.82 Å². The lowest BCUT2D eigenvalue weighted by molar-refractivity contribution is -0.274. The molecule has 0 aliphatic carbocycles. The highest BCUT2D eigenvalue weighted by Crippen LogP contribution is 2.31. The highest BCUT2D eigenvalue weighted by Gasteiger charge is 2.49. The van der Waals surface area contributed by atoms with E-state index in [-0.39, 0.29) is 12.1 Å². The zero-order valence-corrected chi connectivity index (χ0v) is 17.1. The number of carbonyl (C=O) groups excluding carboxylic acids is 3. The van der Waals surface area contributed by atoms with E-state index in [1.807, 2.05) is 0 Å². The number of carbonyl (C=O) groups is 3. The third-order valence-electron chi connectivity index (χ3n) is 4.97. The van der Waals surface area contributed by atoms with Crippen molar-refractivity contribution in [3.8, 4) is 5.75 Å². The molecule has 1 aliphatic rings. The van der Waals surface area contributed by atoms with Gasteiger partial charge in [-0.05, 0) is 42.3 Å². The van der Waals surface area contributed by atoms with Gasteiger partial charge in [0, 0.05) is 13.6 Å². The first-order chi connectivity index (χ1) is 14.9. The molecule has 1 N–H and O–H groups in total. The molecule has 0 aromatic heterocycles. The molecule has 3 rings (SSSR count). The van der Waals surface area contributed by atoms with E-state index in [2.05, 4.69) is 10.1 Å². The molecule has 170 valence electrons. The van der Waals surface area contributed by atoms with Gasteiger partial charge in [-0.15, -0.1) is 13.2 Å². The van der Waals surface area contributed by atoms with Crippen LogP contribution in [-0.2, 0) is 21.7 Å². The molecule has 1 saturated heterocycles. The Bertz CT molecular complexity index is 1040. The summed E-state index contributed by atoms with van der Waals surface area (Å²) < 4.78 is 54.1. The first kappa shape index (κ1) is 23.0. The molecule has 0 radical (unpaired) electrons. The Morgan fingerprint density at radius 2 is 1.81 bits per heavy atom. The first-order valence-corrected chi connectivity index (χ1v) is 9.38. The highest BCUT2D eigenvalue weighted by atomic mass is 19.4. The van der Waals surface area contributed by atoms with Crippen LogP contribution in [0.4, 0.5) is 22.4 Å². The van der Waals surface area contributed by atoms with Gasteiger partial charge in [-0.2, -0.15) is 0 Å². The molecule has 1 heterocycles. The number of likely N-dealkylation sites (N-methyl/N-ethyl adjacent to an activating group) is 1. The van der Waals surface area contributed by atoms with E-state index in [9.17, 15) is 31.9 Å². The van der Waals surface area contributed by atoms with Crippen LogP contribution < -0.4 is 10.1 Å². The Morgan fingerprint density at radius 3 is 2.41 bits per heavy atom. The minimum atomic E-state index is -4.86. The zero-order chi connectivity index (χ0) is 23.7. The van der Waals surface area contributed by atoms with E-state index >= 15 is 0 Å². The number of amides is 4. The molecule has 0 spiro atoms. The Labute approximate surface area is 180 Å². The smallest absolute Gasteiger partial charge is 0.406 e. The number of benzene rings is 2. The maximum absolute atomic E-state index is 13.3. The molecule has 1 unspecified atom stereocenters. The van der Waals surface area contributed by atoms with E-state index in [0.29, 0.717) is 5.56 Å². The van der Waals surface area contributed by atoms with Gasteiger partial charge in [0.2, 0.25) is 5.91 Å². The van der Waals surface area contributed by atoms with Crippen LogP contribution in [0.25, 0.3) is 0 Å². The van der Waals surface area contributed by atoms with E-state index in [1.165, 1.54) is 49.2 Å². The van der Waals surface area contributed by atoms with Crippen molar-refractivity contribution in [2.24, 2.45) is 0 Å². The molecule has 4 amide bonds. The van der Waals surface area contributed by atoms with Gasteiger partial charge in [-0.3, -0.25) is 14.5 Å². The van der Waals surface area contributed by atoms with Crippen molar-refractivity contribution >= 4 is 17.8 Å². The van der Waals surface area contributed by atoms with E-state index in [4.69, 9.17) is 0 Å². The summed E-state index contributed by atoms with van der Waals surface area (Å²) in [6.07, 6.45) is -4.86. The van der Waals surface area contributed by atoms with Crippen molar-refractivity contribution < 1.29 is 36.7 Å². The molecule has 11 heteroatoms. The third kappa shape index (κ3) is 4.98. The maximum atomic E-state index is 13.3. The molecule has 32 heavy (non-hydrogen) atoms. The largest absolute Gasteiger partial charge is 0.573 e. The monoisotopic (exact) mass is 453 g/mol. The van der Waals surface area contributed by atoms with Crippen LogP contribution in [0.15, 0.2) is 48.5 Å². The summed E-state index contributed by atoms with van der Waals surface area (Å²) >= 11 is 0. The number of nitrogens with zero attached hydrogens (tertiary/aromatic N) is 2. The topological polar surface area (TPSA) is 79.0 Å². The molecular formula is C21H19F4N3O4. The van der Waals surface area contributed by atoms with Crippen LogP contribution in [0.1, 0.15) is 18.1 Å². The number of urea groups is 1. The molecular weight excluding hydrogens is 434 g/mol. The van der Waals surface area contributed by atoms with Gasteiger partial charge >= 0.3 is 12.4 Å². The maximum Gasteiger partial charge on any atom is 0.573 e. The predicted molar refractivity (Wildman–Crippen MR) is 104 cm³/mol. The fourth-order valence-corrected chi connectivity index (χ4v) is 3.28. The number of hydrogen-bond donors (Lipinski definition) is 1. The molecule has 0 saturated carbocycles. The third-order valence-corrected chi connectivity index (χ3v) is 4.97. The second kappa shape index (κ2) is 8.48. The summed E-state index contributed by atoms with van der Waals surface area (Å²) in [5.74, 6) is -2.23. The fourth-order valence-electron chi connectivity index (χ4n) is 3.28. The fraction of sp³-hybridized carbons (Fsp3) is 0.286. The van der Waals surface area contributed by atoms with Gasteiger partial charge in [0.05, 0.1) is 0 Å². The van der Waals surface area contributed by atoms with E-state index in [1.54, 1.807) is 6.07 Å². The highest BCUT2D eigenvalue weighted by molar-refractivity contribution is 6.09. The van der Waals surface area contributed by atoms with Gasteiger partial charge in [-0.25, -0.2) is 9.18 Å². The van der Waals surface area contributed by atoms with Gasteiger partial charge in [0.15, 0.2) is 0 Å². The van der Waals surface area contributed by atoms with Crippen molar-refractivity contribution in [1.82, 2.24) is 15.1 Å². The molecule has 1 atom stereocenters. The van der Waals surface area contributed by atoms with Crippen LogP contribution >= 0.6 is 0 Å². The molecule has 0 bridgehead atoms. The lowest BCUT2D eigenvalue weighted by Gasteiger charge is -2.23. The molecule has 1 aliphatic heterocycles. The van der Waals surface area contributed by atoms with E-state index < -0.39 is 47.9 Å². The Balaban J connectivity index is 1.70. The van der Waals surface area contributed by atoms with Crippen LogP contribution in [0.2, 0.25) is 0 Å². The number of hydrogen-bond acceptors (Lipinski definition) is 4. The minimum absolute atomic E-state index is 0.0676. The number of imide groups is 1. The van der Waals surface area contributed by atoms with Crippen LogP contribution in [0.3, 0.4) is 0 Å². The first-order valence-electron chi connectivity index (χ1n) is 9.38. The summed E-state index contributed by atoms with van der Waals surface area (Å²) in [5.41, 5.74) is -0.826. The Morgan fingerprint density at radius 1 is 1.16 bits per heavy atom. The number of ether oxygens (including phenoxy) is 1. The number of alkyl halides is 3. The lowest BCUT2D eigenvalue weighted by Crippen LogP contribution is -2.43. The van der Waals surface area contributed by atoms with Gasteiger partial charge in [0.25, 0.3) is 5.91 Å². The van der Waals surface area contributed by atoms with Crippen molar-refractivity contribution in [3.05, 3.63) is 65.5 Å². The lowest BCUT2D eigenvalue weighted by atomic mass is 9.92. The number of nitrogens with one attached hydrogen (secondary N) is 1. The summed E-state index contributed by atoms with van der Waals surface area (Å²) in [5, 5.41) is 2.47.